The van der Waals surface area contributed by atoms with Gasteiger partial charge in [-0.15, -0.1) is 0 Å². The van der Waals surface area contributed by atoms with E-state index in [1.807, 2.05) is 12.1 Å². The Bertz CT molecular complexity index is 423. The minimum absolute atomic E-state index is 0.363. The number of piperidine rings is 1. The fourth-order valence-corrected chi connectivity index (χ4v) is 4.17. The first-order chi connectivity index (χ1) is 9.67. The molecule has 1 aliphatic carbocycles. The minimum Gasteiger partial charge on any atom is -0.508 e. The topological polar surface area (TPSA) is 23.5 Å². The molecule has 2 nitrogen and oxygen atoms in total. The highest BCUT2D eigenvalue weighted by Gasteiger charge is 2.37. The van der Waals surface area contributed by atoms with Crippen LogP contribution in [-0.4, -0.2) is 29.1 Å². The zero-order valence-corrected chi connectivity index (χ0v) is 12.6. The number of nitrogens with zero attached hydrogens (tertiary/aromatic N) is 1. The minimum atomic E-state index is 0.363. The van der Waals surface area contributed by atoms with Crippen LogP contribution in [0.2, 0.25) is 0 Å². The maximum atomic E-state index is 9.35. The van der Waals surface area contributed by atoms with Crippen molar-refractivity contribution in [2.45, 2.75) is 57.9 Å². The van der Waals surface area contributed by atoms with Crippen molar-refractivity contribution < 1.29 is 5.11 Å². The summed E-state index contributed by atoms with van der Waals surface area (Å²) in [6.45, 7) is 4.90. The van der Waals surface area contributed by atoms with Gasteiger partial charge in [0.05, 0.1) is 0 Å². The summed E-state index contributed by atoms with van der Waals surface area (Å²) in [7, 11) is 0. The van der Waals surface area contributed by atoms with Crippen LogP contribution in [-0.2, 0) is 6.42 Å². The lowest BCUT2D eigenvalue weighted by atomic mass is 9.76. The van der Waals surface area contributed by atoms with Gasteiger partial charge in [0, 0.05) is 6.04 Å². The number of benzene rings is 1. The predicted octanol–water partition coefficient (Wildman–Crippen LogP) is 3.98. The molecule has 1 aliphatic heterocycles. The fourth-order valence-electron chi connectivity index (χ4n) is 4.17. The number of phenols is 1. The van der Waals surface area contributed by atoms with Gasteiger partial charge in [-0.3, -0.25) is 0 Å². The van der Waals surface area contributed by atoms with Gasteiger partial charge in [0.1, 0.15) is 5.75 Å². The van der Waals surface area contributed by atoms with Gasteiger partial charge >= 0.3 is 0 Å². The second-order valence-electron chi connectivity index (χ2n) is 6.96. The van der Waals surface area contributed by atoms with E-state index < -0.39 is 0 Å². The maximum Gasteiger partial charge on any atom is 0.115 e. The van der Waals surface area contributed by atoms with Crippen molar-refractivity contribution in [3.8, 4) is 5.75 Å². The Kier molecular flexibility index (Phi) is 4.02. The molecule has 0 aromatic heterocycles. The van der Waals surface area contributed by atoms with Crippen molar-refractivity contribution in [2.75, 3.05) is 13.1 Å². The average Bonchev–Trinajstić information content (AvgIpc) is 2.90. The normalized spacial score (nSPS) is 24.1. The standard InChI is InChI=1S/C18H27NO/c1-15(14-16-4-6-17(20)7-5-16)19-12-10-18(11-13-19)8-2-3-9-18/h4-7,15,20H,2-3,8-14H2,1H3. The molecule has 3 rings (SSSR count). The first-order valence-electron chi connectivity index (χ1n) is 8.19. The molecule has 1 N–H and O–H groups in total. The first kappa shape index (κ1) is 13.9. The number of hydrogen-bond donors (Lipinski definition) is 1. The molecule has 1 spiro atoms. The molecule has 1 saturated carbocycles. The molecular weight excluding hydrogens is 246 g/mol. The summed E-state index contributed by atoms with van der Waals surface area (Å²) < 4.78 is 0. The summed E-state index contributed by atoms with van der Waals surface area (Å²) in [4.78, 5) is 2.66. The van der Waals surface area contributed by atoms with Crippen molar-refractivity contribution in [3.63, 3.8) is 0 Å². The molecule has 2 fully saturated rings. The number of aromatic hydroxyl groups is 1. The molecular formula is C18H27NO. The summed E-state index contributed by atoms with van der Waals surface area (Å²) in [6.07, 6.45) is 9.79. The lowest BCUT2D eigenvalue weighted by Gasteiger charge is -2.42. The second kappa shape index (κ2) is 5.77. The van der Waals surface area contributed by atoms with Gasteiger partial charge in [0.15, 0.2) is 0 Å². The van der Waals surface area contributed by atoms with E-state index in [0.717, 1.165) is 11.8 Å². The Hall–Kier alpha value is -1.02. The van der Waals surface area contributed by atoms with Crippen LogP contribution in [0.25, 0.3) is 0 Å². The van der Waals surface area contributed by atoms with Crippen molar-refractivity contribution in [1.82, 2.24) is 4.90 Å². The molecule has 1 heterocycles. The van der Waals surface area contributed by atoms with Crippen LogP contribution in [0.4, 0.5) is 0 Å². The van der Waals surface area contributed by atoms with E-state index >= 15 is 0 Å². The highest BCUT2D eigenvalue weighted by molar-refractivity contribution is 5.26. The molecule has 0 bridgehead atoms. The third kappa shape index (κ3) is 3.01. The van der Waals surface area contributed by atoms with Gasteiger partial charge in [0.25, 0.3) is 0 Å². The van der Waals surface area contributed by atoms with Crippen LogP contribution in [0, 0.1) is 5.41 Å². The predicted molar refractivity (Wildman–Crippen MR) is 83.0 cm³/mol. The highest BCUT2D eigenvalue weighted by Crippen LogP contribution is 2.46. The molecule has 1 aromatic carbocycles. The third-order valence-corrected chi connectivity index (χ3v) is 5.61. The average molecular weight is 273 g/mol. The monoisotopic (exact) mass is 273 g/mol. The van der Waals surface area contributed by atoms with E-state index in [4.69, 9.17) is 0 Å². The summed E-state index contributed by atoms with van der Waals surface area (Å²) in [5.74, 6) is 0.363. The first-order valence-corrected chi connectivity index (χ1v) is 8.19. The van der Waals surface area contributed by atoms with Crippen molar-refractivity contribution >= 4 is 0 Å². The second-order valence-corrected chi connectivity index (χ2v) is 6.96. The number of likely N-dealkylation sites (tertiary alicyclic amines) is 1. The number of hydrogen-bond acceptors (Lipinski definition) is 2. The molecule has 1 aromatic rings. The zero-order valence-electron chi connectivity index (χ0n) is 12.6. The molecule has 2 heteroatoms. The van der Waals surface area contributed by atoms with E-state index in [2.05, 4.69) is 11.8 Å². The highest BCUT2D eigenvalue weighted by atomic mass is 16.3. The van der Waals surface area contributed by atoms with Gasteiger partial charge in [0.2, 0.25) is 0 Å². The molecule has 110 valence electrons. The van der Waals surface area contributed by atoms with E-state index in [-0.39, 0.29) is 0 Å². The summed E-state index contributed by atoms with van der Waals surface area (Å²) in [5, 5.41) is 9.35. The van der Waals surface area contributed by atoms with Gasteiger partial charge in [-0.1, -0.05) is 25.0 Å². The van der Waals surface area contributed by atoms with Gasteiger partial charge in [-0.25, -0.2) is 0 Å². The Morgan fingerprint density at radius 3 is 2.25 bits per heavy atom. The fraction of sp³-hybridized carbons (Fsp3) is 0.667. The van der Waals surface area contributed by atoms with Crippen LogP contribution in [0.15, 0.2) is 24.3 Å². The van der Waals surface area contributed by atoms with E-state index in [1.54, 1.807) is 12.1 Å². The zero-order chi connectivity index (χ0) is 14.0. The Labute approximate surface area is 122 Å². The molecule has 1 atom stereocenters. The van der Waals surface area contributed by atoms with Crippen LogP contribution in [0.5, 0.6) is 5.75 Å². The SMILES string of the molecule is CC(Cc1ccc(O)cc1)N1CCC2(CCCC2)CC1. The molecule has 0 radical (unpaired) electrons. The quantitative estimate of drug-likeness (QED) is 0.900. The molecule has 2 aliphatic rings. The number of rotatable bonds is 3. The Morgan fingerprint density at radius 1 is 1.05 bits per heavy atom. The maximum absolute atomic E-state index is 9.35. The Morgan fingerprint density at radius 2 is 1.65 bits per heavy atom. The Balaban J connectivity index is 1.53. The summed E-state index contributed by atoms with van der Waals surface area (Å²) >= 11 is 0. The lowest BCUT2D eigenvalue weighted by molar-refractivity contribution is 0.0815. The van der Waals surface area contributed by atoms with Gasteiger partial charge in [-0.2, -0.15) is 0 Å². The van der Waals surface area contributed by atoms with Crippen LogP contribution < -0.4 is 0 Å². The largest absolute Gasteiger partial charge is 0.508 e. The number of phenolic OH excluding ortho intramolecular Hbond substituents is 1. The molecule has 1 saturated heterocycles. The van der Waals surface area contributed by atoms with E-state index in [9.17, 15) is 5.11 Å². The van der Waals surface area contributed by atoms with Crippen molar-refractivity contribution in [1.29, 1.82) is 0 Å². The molecule has 20 heavy (non-hydrogen) atoms. The van der Waals surface area contributed by atoms with E-state index in [0.29, 0.717) is 11.8 Å². The van der Waals surface area contributed by atoms with Crippen LogP contribution in [0.1, 0.15) is 51.0 Å². The lowest BCUT2D eigenvalue weighted by Crippen LogP contribution is -2.44. The molecule has 1 unspecified atom stereocenters. The smallest absolute Gasteiger partial charge is 0.115 e. The summed E-state index contributed by atoms with van der Waals surface area (Å²) in [5.41, 5.74) is 2.05. The van der Waals surface area contributed by atoms with E-state index in [1.165, 1.54) is 57.2 Å². The van der Waals surface area contributed by atoms with Gasteiger partial charge in [-0.05, 0) is 75.2 Å². The van der Waals surface area contributed by atoms with Crippen molar-refractivity contribution in [3.05, 3.63) is 29.8 Å². The molecule has 0 amide bonds. The third-order valence-electron chi connectivity index (χ3n) is 5.61. The van der Waals surface area contributed by atoms with Crippen LogP contribution in [0.3, 0.4) is 0 Å². The van der Waals surface area contributed by atoms with Crippen LogP contribution >= 0.6 is 0 Å². The summed E-state index contributed by atoms with van der Waals surface area (Å²) in [6, 6.07) is 8.30. The van der Waals surface area contributed by atoms with Crippen molar-refractivity contribution in [2.24, 2.45) is 5.41 Å². The van der Waals surface area contributed by atoms with Gasteiger partial charge < -0.3 is 10.0 Å².